The number of ether oxygens (including phenoxy) is 1. The lowest BCUT2D eigenvalue weighted by molar-refractivity contribution is -0.159. The highest BCUT2D eigenvalue weighted by molar-refractivity contribution is 6.30. The van der Waals surface area contributed by atoms with Crippen molar-refractivity contribution in [3.05, 3.63) is 71.4 Å². The molecule has 0 spiro atoms. The van der Waals surface area contributed by atoms with E-state index >= 15 is 0 Å². The van der Waals surface area contributed by atoms with Gasteiger partial charge in [-0.1, -0.05) is 79.6 Å². The van der Waals surface area contributed by atoms with Crippen molar-refractivity contribution >= 4 is 40.9 Å². The van der Waals surface area contributed by atoms with E-state index in [1.165, 1.54) is 31.2 Å². The Morgan fingerprint density at radius 3 is 2.27 bits per heavy atom. The SMILES string of the molecule is CC/C=C/C(O)C(Cl)C(O)CC(=O)C(O)C(O)C(C)/C(Cl)=C/C=C/C=C(C)/C=C/C=C/C(=O)O[C@@H]1C[C@@H](C(=O)O)CC[C@@H]1O. The number of aliphatic hydroxyl groups is 5. The molecule has 0 aromatic rings. The first-order valence-electron chi connectivity index (χ1n) is 14.4. The summed E-state index contributed by atoms with van der Waals surface area (Å²) in [5.41, 5.74) is 0.802. The van der Waals surface area contributed by atoms with Gasteiger partial charge in [0.2, 0.25) is 0 Å². The predicted molar refractivity (Wildman–Crippen MR) is 168 cm³/mol. The molecular weight excluding hydrogens is 615 g/mol. The fraction of sp³-hybridized carbons (Fsp3) is 0.531. The molecule has 0 aromatic heterocycles. The third-order valence-corrected chi connectivity index (χ3v) is 8.09. The van der Waals surface area contributed by atoms with Crippen LogP contribution in [0.15, 0.2) is 71.4 Å². The lowest BCUT2D eigenvalue weighted by Gasteiger charge is -2.30. The summed E-state index contributed by atoms with van der Waals surface area (Å²) in [5, 5.41) is 59.0. The molecule has 1 rings (SSSR count). The van der Waals surface area contributed by atoms with Crippen molar-refractivity contribution in [3.8, 4) is 0 Å². The molecule has 44 heavy (non-hydrogen) atoms. The van der Waals surface area contributed by atoms with Gasteiger partial charge < -0.3 is 35.4 Å². The Hall–Kier alpha value is -2.57. The highest BCUT2D eigenvalue weighted by Gasteiger charge is 2.35. The number of hydrogen-bond acceptors (Lipinski definition) is 9. The van der Waals surface area contributed by atoms with Crippen LogP contribution in [0.4, 0.5) is 0 Å². The molecule has 1 aliphatic rings. The lowest BCUT2D eigenvalue weighted by atomic mass is 9.85. The van der Waals surface area contributed by atoms with Crippen LogP contribution in [0.1, 0.15) is 52.9 Å². The second-order valence-corrected chi connectivity index (χ2v) is 11.6. The molecule has 12 heteroatoms. The number of esters is 1. The number of carbonyl (C=O) groups is 3. The largest absolute Gasteiger partial charge is 0.481 e. The number of alkyl halides is 1. The molecule has 9 atom stereocenters. The second kappa shape index (κ2) is 20.5. The highest BCUT2D eigenvalue weighted by atomic mass is 35.5. The summed E-state index contributed by atoms with van der Waals surface area (Å²) in [7, 11) is 0. The summed E-state index contributed by atoms with van der Waals surface area (Å²) < 4.78 is 5.21. The number of halogens is 2. The van der Waals surface area contributed by atoms with Crippen molar-refractivity contribution in [1.29, 1.82) is 0 Å². The molecule has 1 aliphatic carbocycles. The number of carbonyl (C=O) groups excluding carboxylic acids is 2. The number of aliphatic carboxylic acids is 1. The van der Waals surface area contributed by atoms with Crippen LogP contribution < -0.4 is 0 Å². The maximum Gasteiger partial charge on any atom is 0.331 e. The summed E-state index contributed by atoms with van der Waals surface area (Å²) in [6.45, 7) is 5.18. The third kappa shape index (κ3) is 14.0. The molecule has 1 fully saturated rings. The standard InChI is InChI=1S/C32H44Cl2O10/c1-4-5-13-24(36)29(34)25(37)18-26(38)31(41)30(40)20(3)22(33)12-8-6-10-19(2)11-7-9-14-28(39)44-27-17-21(32(42)43)15-16-23(27)35/h5-14,20-21,23-25,27,29-31,35-37,40-41H,4,15-18H2,1-3H3,(H,42,43)/b8-6+,11-7+,13-5+,14-9+,19-10+,22-12-/t20?,21-,23-,24?,25?,27+,29?,30?,31?/m0/s1. The number of carboxylic acid groups (broad SMARTS) is 1. The van der Waals surface area contributed by atoms with Crippen LogP contribution in [0.5, 0.6) is 0 Å². The molecular formula is C32H44Cl2O10. The molecule has 6 N–H and O–H groups in total. The predicted octanol–water partition coefficient (Wildman–Crippen LogP) is 3.49. The van der Waals surface area contributed by atoms with Gasteiger partial charge in [-0.2, -0.15) is 0 Å². The van der Waals surface area contributed by atoms with E-state index in [4.69, 9.17) is 33.0 Å². The van der Waals surface area contributed by atoms with Crippen molar-refractivity contribution in [1.82, 2.24) is 0 Å². The first-order valence-corrected chi connectivity index (χ1v) is 15.2. The van der Waals surface area contributed by atoms with Crippen molar-refractivity contribution in [3.63, 3.8) is 0 Å². The van der Waals surface area contributed by atoms with Gasteiger partial charge >= 0.3 is 11.9 Å². The molecule has 0 aromatic carbocycles. The van der Waals surface area contributed by atoms with Gasteiger partial charge in [-0.3, -0.25) is 9.59 Å². The monoisotopic (exact) mass is 658 g/mol. The Bertz CT molecular complexity index is 1130. The summed E-state index contributed by atoms with van der Waals surface area (Å²) in [5.74, 6) is -3.98. The van der Waals surface area contributed by atoms with Crippen LogP contribution in [-0.4, -0.2) is 90.4 Å². The molecule has 1 saturated carbocycles. The Labute approximate surface area is 268 Å². The van der Waals surface area contributed by atoms with Crippen LogP contribution in [0.3, 0.4) is 0 Å². The quantitative estimate of drug-likeness (QED) is 0.0445. The first kappa shape index (κ1) is 39.5. The summed E-state index contributed by atoms with van der Waals surface area (Å²) in [6.07, 6.45) is 8.48. The van der Waals surface area contributed by atoms with E-state index in [0.29, 0.717) is 12.8 Å². The van der Waals surface area contributed by atoms with E-state index < -0.39 is 78.0 Å². The number of Topliss-reactive ketones (excluding diaryl/α,β-unsaturated/α-hetero) is 1. The van der Waals surface area contributed by atoms with Crippen LogP contribution in [0.25, 0.3) is 0 Å². The first-order chi connectivity index (χ1) is 20.7. The minimum Gasteiger partial charge on any atom is -0.481 e. The van der Waals surface area contributed by atoms with Crippen LogP contribution >= 0.6 is 23.2 Å². The van der Waals surface area contributed by atoms with E-state index in [1.807, 2.05) is 6.92 Å². The Morgan fingerprint density at radius 2 is 1.64 bits per heavy atom. The van der Waals surface area contributed by atoms with Crippen LogP contribution in [0, 0.1) is 11.8 Å². The number of aliphatic hydroxyl groups excluding tert-OH is 5. The molecule has 0 saturated heterocycles. The van der Waals surface area contributed by atoms with Gasteiger partial charge in [-0.05, 0) is 32.3 Å². The van der Waals surface area contributed by atoms with Crippen molar-refractivity contribution < 1.29 is 49.8 Å². The number of ketones is 1. The third-order valence-electron chi connectivity index (χ3n) is 7.08. The zero-order valence-electron chi connectivity index (χ0n) is 25.1. The van der Waals surface area contributed by atoms with E-state index in [2.05, 4.69) is 0 Å². The molecule has 0 aliphatic heterocycles. The Kier molecular flexibility index (Phi) is 18.3. The van der Waals surface area contributed by atoms with Crippen molar-refractivity contribution in [2.24, 2.45) is 11.8 Å². The van der Waals surface area contributed by atoms with Gasteiger partial charge in [0.25, 0.3) is 0 Å². The Morgan fingerprint density at radius 1 is 1.00 bits per heavy atom. The maximum absolute atomic E-state index is 12.4. The summed E-state index contributed by atoms with van der Waals surface area (Å²) in [4.78, 5) is 35.6. The molecule has 0 radical (unpaired) electrons. The van der Waals surface area contributed by atoms with Gasteiger partial charge in [0.05, 0.1) is 35.7 Å². The number of allylic oxidation sites excluding steroid dienone is 9. The van der Waals surface area contributed by atoms with Crippen molar-refractivity contribution in [2.75, 3.05) is 0 Å². The van der Waals surface area contributed by atoms with Gasteiger partial charge in [-0.15, -0.1) is 11.6 Å². The van der Waals surface area contributed by atoms with E-state index in [-0.39, 0.29) is 17.9 Å². The summed E-state index contributed by atoms with van der Waals surface area (Å²) >= 11 is 12.3. The van der Waals surface area contributed by atoms with Gasteiger partial charge in [0.1, 0.15) is 12.2 Å². The van der Waals surface area contributed by atoms with E-state index in [0.717, 1.165) is 5.57 Å². The molecule has 0 bridgehead atoms. The van der Waals surface area contributed by atoms with Crippen LogP contribution in [0.2, 0.25) is 0 Å². The fourth-order valence-corrected chi connectivity index (χ4v) is 4.61. The maximum atomic E-state index is 12.4. The number of rotatable bonds is 17. The molecule has 0 amide bonds. The zero-order chi connectivity index (χ0) is 33.4. The van der Waals surface area contributed by atoms with Gasteiger partial charge in [-0.25, -0.2) is 4.79 Å². The molecule has 10 nitrogen and oxygen atoms in total. The number of carboxylic acids is 1. The lowest BCUT2D eigenvalue weighted by Crippen LogP contribution is -2.42. The minimum atomic E-state index is -1.83. The van der Waals surface area contributed by atoms with E-state index in [9.17, 15) is 39.9 Å². The van der Waals surface area contributed by atoms with Gasteiger partial charge in [0, 0.05) is 29.9 Å². The second-order valence-electron chi connectivity index (χ2n) is 10.7. The normalized spacial score (nSPS) is 24.5. The molecule has 246 valence electrons. The Balaban J connectivity index is 2.60. The summed E-state index contributed by atoms with van der Waals surface area (Å²) in [6, 6.07) is 0. The zero-order valence-corrected chi connectivity index (χ0v) is 26.6. The topological polar surface area (TPSA) is 182 Å². The minimum absolute atomic E-state index is 0.0667. The smallest absolute Gasteiger partial charge is 0.331 e. The van der Waals surface area contributed by atoms with Gasteiger partial charge in [0.15, 0.2) is 5.78 Å². The fourth-order valence-electron chi connectivity index (χ4n) is 4.23. The van der Waals surface area contributed by atoms with Crippen LogP contribution in [-0.2, 0) is 19.1 Å². The molecule has 0 heterocycles. The molecule has 6 unspecified atom stereocenters. The van der Waals surface area contributed by atoms with E-state index in [1.54, 1.807) is 43.4 Å². The average Bonchev–Trinajstić information content (AvgIpc) is 2.99. The van der Waals surface area contributed by atoms with Crippen molar-refractivity contribution in [2.45, 2.75) is 94.9 Å². The number of hydrogen-bond donors (Lipinski definition) is 6. The highest BCUT2D eigenvalue weighted by Crippen LogP contribution is 2.27. The average molecular weight is 660 g/mol.